The Balaban J connectivity index is 2.52. The van der Waals surface area contributed by atoms with Gasteiger partial charge < -0.3 is 10.1 Å². The molecule has 5 nitrogen and oxygen atoms in total. The molecule has 2 N–H and O–H groups in total. The number of rotatable bonds is 2. The molecular weight excluding hydrogens is 190 g/mol. The zero-order chi connectivity index (χ0) is 9.26. The molecule has 2 aromatic rings. The van der Waals surface area contributed by atoms with Gasteiger partial charge in [-0.05, 0) is 6.07 Å². The van der Waals surface area contributed by atoms with Crippen molar-refractivity contribution in [3.8, 4) is 11.3 Å². The summed E-state index contributed by atoms with van der Waals surface area (Å²) in [5.74, 6) is -1.05. The van der Waals surface area contributed by atoms with E-state index in [1.165, 1.54) is 0 Å². The molecule has 0 unspecified atom stereocenters. The summed E-state index contributed by atoms with van der Waals surface area (Å²) < 4.78 is 7.60. The molecular formula is C7H5N3O2S. The molecule has 0 bridgehead atoms. The highest BCUT2D eigenvalue weighted by Gasteiger charge is 2.16. The molecule has 13 heavy (non-hydrogen) atoms. The minimum Gasteiger partial charge on any atom is -0.476 e. The van der Waals surface area contributed by atoms with E-state index in [4.69, 9.17) is 5.11 Å². The number of nitrogens with zero attached hydrogens (tertiary/aromatic N) is 2. The van der Waals surface area contributed by atoms with E-state index in [0.717, 1.165) is 17.3 Å². The van der Waals surface area contributed by atoms with Gasteiger partial charge in [0.25, 0.3) is 0 Å². The first-order valence-electron chi connectivity index (χ1n) is 3.48. The predicted octanol–water partition coefficient (Wildman–Crippen LogP) is 1.23. The molecule has 0 amide bonds. The Hall–Kier alpha value is -1.69. The molecule has 2 rings (SSSR count). The number of hydrogen-bond acceptors (Lipinski definition) is 4. The molecule has 66 valence electrons. The number of carboxylic acids is 1. The third kappa shape index (κ3) is 1.31. The second-order valence-corrected chi connectivity index (χ2v) is 2.89. The lowest BCUT2D eigenvalue weighted by Crippen LogP contribution is -1.98. The number of H-pyrrole nitrogens is 1. The van der Waals surface area contributed by atoms with Crippen LogP contribution < -0.4 is 0 Å². The van der Waals surface area contributed by atoms with E-state index in [1.807, 2.05) is 0 Å². The van der Waals surface area contributed by atoms with Crippen LogP contribution in [-0.4, -0.2) is 24.8 Å². The number of carbonyl (C=O) groups is 1. The molecule has 0 radical (unpaired) electrons. The average Bonchev–Trinajstić information content (AvgIpc) is 2.74. The van der Waals surface area contributed by atoms with Crippen LogP contribution in [0.1, 0.15) is 10.5 Å². The topological polar surface area (TPSA) is 78.9 Å². The zero-order valence-corrected chi connectivity index (χ0v) is 7.21. The quantitative estimate of drug-likeness (QED) is 0.755. The minimum absolute atomic E-state index is 0.00426. The lowest BCUT2D eigenvalue weighted by atomic mass is 10.2. The fraction of sp³-hybridized carbons (Fsp3) is 0. The standard InChI is InChI=1S/C7H5N3O2S/c11-7(12)6-5(9-13-10-6)4-1-2-8-3-4/h1-3,8H,(H,11,12). The molecule has 0 atom stereocenters. The average molecular weight is 195 g/mol. The Labute approximate surface area is 77.4 Å². The smallest absolute Gasteiger partial charge is 0.357 e. The van der Waals surface area contributed by atoms with Gasteiger partial charge in [-0.15, -0.1) is 0 Å². The van der Waals surface area contributed by atoms with Crippen LogP contribution in [0.25, 0.3) is 11.3 Å². The van der Waals surface area contributed by atoms with Crippen molar-refractivity contribution < 1.29 is 9.90 Å². The Morgan fingerprint density at radius 1 is 1.54 bits per heavy atom. The normalized spacial score (nSPS) is 10.2. The molecule has 0 aliphatic carbocycles. The van der Waals surface area contributed by atoms with Crippen molar-refractivity contribution in [1.29, 1.82) is 0 Å². The molecule has 0 aromatic carbocycles. The number of aromatic carboxylic acids is 1. The Kier molecular flexibility index (Phi) is 1.82. The van der Waals surface area contributed by atoms with Crippen LogP contribution in [0.5, 0.6) is 0 Å². The summed E-state index contributed by atoms with van der Waals surface area (Å²) in [7, 11) is 0. The van der Waals surface area contributed by atoms with Crippen molar-refractivity contribution in [2.24, 2.45) is 0 Å². The molecule has 0 spiro atoms. The second-order valence-electron chi connectivity index (χ2n) is 2.37. The first-order chi connectivity index (χ1) is 6.29. The summed E-state index contributed by atoms with van der Waals surface area (Å²) in [5, 5.41) is 8.75. The molecule has 0 saturated carbocycles. The second kappa shape index (κ2) is 2.98. The highest BCUT2D eigenvalue weighted by molar-refractivity contribution is 6.99. The van der Waals surface area contributed by atoms with Crippen molar-refractivity contribution >= 4 is 17.7 Å². The van der Waals surface area contributed by atoms with Crippen molar-refractivity contribution in [3.05, 3.63) is 24.2 Å². The first-order valence-corrected chi connectivity index (χ1v) is 4.21. The number of carboxylic acid groups (broad SMARTS) is 1. The minimum atomic E-state index is -1.05. The highest BCUT2D eigenvalue weighted by atomic mass is 32.1. The Morgan fingerprint density at radius 2 is 2.38 bits per heavy atom. The third-order valence-electron chi connectivity index (χ3n) is 1.56. The van der Waals surface area contributed by atoms with Gasteiger partial charge in [0, 0.05) is 18.0 Å². The summed E-state index contributed by atoms with van der Waals surface area (Å²) in [4.78, 5) is 13.5. The summed E-state index contributed by atoms with van der Waals surface area (Å²) in [6.45, 7) is 0. The molecule has 0 aliphatic rings. The van der Waals surface area contributed by atoms with Crippen LogP contribution in [0.4, 0.5) is 0 Å². The fourth-order valence-electron chi connectivity index (χ4n) is 0.989. The Morgan fingerprint density at radius 3 is 3.00 bits per heavy atom. The fourth-order valence-corrected chi connectivity index (χ4v) is 1.55. The van der Waals surface area contributed by atoms with E-state index in [0.29, 0.717) is 5.69 Å². The molecule has 6 heteroatoms. The zero-order valence-electron chi connectivity index (χ0n) is 6.39. The molecule has 2 heterocycles. The summed E-state index contributed by atoms with van der Waals surface area (Å²) in [6, 6.07) is 1.75. The number of nitrogens with one attached hydrogen (secondary N) is 1. The monoisotopic (exact) mass is 195 g/mol. The van der Waals surface area contributed by atoms with Gasteiger partial charge in [0.15, 0.2) is 5.69 Å². The van der Waals surface area contributed by atoms with Gasteiger partial charge in [-0.3, -0.25) is 0 Å². The lowest BCUT2D eigenvalue weighted by Gasteiger charge is -1.90. The van der Waals surface area contributed by atoms with Crippen LogP contribution in [0.3, 0.4) is 0 Å². The third-order valence-corrected chi connectivity index (χ3v) is 2.09. The number of hydrogen-bond donors (Lipinski definition) is 2. The van der Waals surface area contributed by atoms with Gasteiger partial charge in [-0.2, -0.15) is 8.75 Å². The van der Waals surface area contributed by atoms with E-state index in [-0.39, 0.29) is 5.69 Å². The predicted molar refractivity (Wildman–Crippen MR) is 46.7 cm³/mol. The van der Waals surface area contributed by atoms with Crippen molar-refractivity contribution in [1.82, 2.24) is 13.7 Å². The largest absolute Gasteiger partial charge is 0.476 e. The van der Waals surface area contributed by atoms with Crippen molar-refractivity contribution in [2.45, 2.75) is 0 Å². The highest BCUT2D eigenvalue weighted by Crippen LogP contribution is 2.20. The lowest BCUT2D eigenvalue weighted by molar-refractivity contribution is 0.0692. The Bertz CT molecular complexity index is 421. The van der Waals surface area contributed by atoms with Gasteiger partial charge in [0.2, 0.25) is 0 Å². The van der Waals surface area contributed by atoms with Gasteiger partial charge in [-0.1, -0.05) is 0 Å². The van der Waals surface area contributed by atoms with Gasteiger partial charge in [0.1, 0.15) is 5.69 Å². The first kappa shape index (κ1) is 7.93. The van der Waals surface area contributed by atoms with Gasteiger partial charge >= 0.3 is 5.97 Å². The summed E-state index contributed by atoms with van der Waals surface area (Å²) in [6.07, 6.45) is 3.39. The number of aromatic nitrogens is 3. The maximum absolute atomic E-state index is 10.7. The van der Waals surface area contributed by atoms with Crippen LogP contribution >= 0.6 is 11.7 Å². The van der Waals surface area contributed by atoms with Gasteiger partial charge in [-0.25, -0.2) is 4.79 Å². The number of aromatic amines is 1. The molecule has 0 fully saturated rings. The maximum atomic E-state index is 10.7. The summed E-state index contributed by atoms with van der Waals surface area (Å²) in [5.41, 5.74) is 1.16. The van der Waals surface area contributed by atoms with E-state index >= 15 is 0 Å². The van der Waals surface area contributed by atoms with E-state index in [2.05, 4.69) is 13.7 Å². The van der Waals surface area contributed by atoms with Crippen LogP contribution in [-0.2, 0) is 0 Å². The van der Waals surface area contributed by atoms with E-state index in [1.54, 1.807) is 18.5 Å². The van der Waals surface area contributed by atoms with Crippen LogP contribution in [0.2, 0.25) is 0 Å². The molecule has 0 aliphatic heterocycles. The molecule has 2 aromatic heterocycles. The SMILES string of the molecule is O=C(O)c1nsnc1-c1cc[nH]c1. The van der Waals surface area contributed by atoms with Gasteiger partial charge in [0.05, 0.1) is 11.7 Å². The van der Waals surface area contributed by atoms with Crippen LogP contribution in [0.15, 0.2) is 18.5 Å². The van der Waals surface area contributed by atoms with E-state index in [9.17, 15) is 4.79 Å². The maximum Gasteiger partial charge on any atom is 0.357 e. The van der Waals surface area contributed by atoms with E-state index < -0.39 is 5.97 Å². The van der Waals surface area contributed by atoms with Crippen LogP contribution in [0, 0.1) is 0 Å². The van der Waals surface area contributed by atoms with Crippen molar-refractivity contribution in [3.63, 3.8) is 0 Å². The van der Waals surface area contributed by atoms with Crippen molar-refractivity contribution in [2.75, 3.05) is 0 Å². The molecule has 0 saturated heterocycles. The summed E-state index contributed by atoms with van der Waals surface area (Å²) >= 11 is 0.898.